The molecule has 7 N–H and O–H groups in total. The van der Waals surface area contributed by atoms with Gasteiger partial charge in [-0.25, -0.2) is 20.0 Å². The molecule has 8 fully saturated rings. The molecule has 4 bridgehead atoms. The number of likely N-dealkylation sites (N-methyl/N-ethyl adjacent to an activating group) is 2. The Labute approximate surface area is 251 Å². The van der Waals surface area contributed by atoms with Gasteiger partial charge in [0.05, 0.1) is 43.3 Å². The highest BCUT2D eigenvalue weighted by molar-refractivity contribution is 7.57. The minimum absolute atomic E-state index is 0.107. The number of aliphatic hydroxyl groups excluding tert-OH is 3. The number of aliphatic hydroxyl groups is 3. The fraction of sp³-hybridized carbons (Fsp3) is 0.955. The van der Waals surface area contributed by atoms with Gasteiger partial charge < -0.3 is 53.4 Å². The molecule has 21 heteroatoms. The third-order valence-corrected chi connectivity index (χ3v) is 11.1. The van der Waals surface area contributed by atoms with Crippen LogP contribution in [0.1, 0.15) is 0 Å². The van der Waals surface area contributed by atoms with Crippen LogP contribution in [0.2, 0.25) is 0 Å². The molecule has 8 saturated heterocycles. The normalized spacial score (nSPS) is 52.4. The van der Waals surface area contributed by atoms with Gasteiger partial charge in [-0.3, -0.25) is 10.9 Å². The van der Waals surface area contributed by atoms with Gasteiger partial charge in [0, 0.05) is 34.9 Å². The highest BCUT2D eigenvalue weighted by Crippen LogP contribution is 2.45. The molecule has 0 amide bonds. The number of nitrogens with zero attached hydrogens (tertiary/aromatic N) is 5. The molecule has 8 rings (SSSR count). The summed E-state index contributed by atoms with van der Waals surface area (Å²) in [5, 5.41) is 41.5. The van der Waals surface area contributed by atoms with E-state index in [1.54, 1.807) is 0 Å². The van der Waals surface area contributed by atoms with Gasteiger partial charge >= 0.3 is 0 Å². The molecule has 0 aromatic carbocycles. The van der Waals surface area contributed by atoms with Crippen molar-refractivity contribution in [3.05, 3.63) is 0 Å². The minimum Gasteiger partial charge on any atom is -0.388 e. The minimum atomic E-state index is -3.81. The first-order chi connectivity index (χ1) is 20.4. The molecular weight excluding hydrogens is 586 g/mol. The molecule has 0 aliphatic carbocycles. The topological polar surface area (TPSA) is 188 Å². The first-order valence-electron chi connectivity index (χ1n) is 14.8. The van der Waals surface area contributed by atoms with Gasteiger partial charge in [0.2, 0.25) is 15.0 Å². The van der Waals surface area contributed by atoms with Crippen LogP contribution in [0.4, 0.5) is 0 Å². The smallest absolute Gasteiger partial charge is 0.249 e. The van der Waals surface area contributed by atoms with E-state index in [0.29, 0.717) is 6.54 Å². The van der Waals surface area contributed by atoms with E-state index >= 15 is 0 Å². The summed E-state index contributed by atoms with van der Waals surface area (Å²) in [5.41, 5.74) is 6.53. The number of rotatable bonds is 4. The predicted octanol–water partition coefficient (Wildman–Crippen LogP) is -6.76. The average Bonchev–Trinajstić information content (AvgIpc) is 3.43. The summed E-state index contributed by atoms with van der Waals surface area (Å²) >= 11 is 0. The molecule has 0 spiro atoms. The maximum absolute atomic E-state index is 11.5. The Bertz CT molecular complexity index is 1160. The van der Waals surface area contributed by atoms with Crippen molar-refractivity contribution in [2.24, 2.45) is 0 Å². The Balaban J connectivity index is 1.16. The summed E-state index contributed by atoms with van der Waals surface area (Å²) in [6.07, 6.45) is -3.79. The summed E-state index contributed by atoms with van der Waals surface area (Å²) in [5.74, 6) is -0.546. The SMILES string of the molecule is [B]B1C2OC(COP(=C)(O)O)C(OC3[C@H]([C@@H]1N1[B]C4OC(COC5[C@@H]1N1C[C@@H]6NNC6CN51)C(O)C4O)N(C)N3C)C2O. The average molecular weight is 624 g/mol. The number of fused-ring (bicyclic) bond motifs is 10. The maximum Gasteiger partial charge on any atom is 0.249 e. The Morgan fingerprint density at radius 2 is 1.72 bits per heavy atom. The molecule has 11 unspecified atom stereocenters. The monoisotopic (exact) mass is 624 g/mol. The van der Waals surface area contributed by atoms with Crippen molar-refractivity contribution < 1.29 is 48.6 Å². The summed E-state index contributed by atoms with van der Waals surface area (Å²) in [6.45, 7) is 0.498. The summed E-state index contributed by atoms with van der Waals surface area (Å²) in [4.78, 5) is 21.6. The molecule has 8 heterocycles. The van der Waals surface area contributed by atoms with Crippen LogP contribution in [-0.2, 0) is 23.5 Å². The number of nitrogens with one attached hydrogen (secondary N) is 2. The van der Waals surface area contributed by atoms with Crippen LogP contribution in [0.15, 0.2) is 0 Å². The zero-order chi connectivity index (χ0) is 30.1. The standard InChI is InChI=1S/C22H38B3N7O10P/c1-28-12-18(25(23)19-15(35)16(42-21(12)29(28)2)11(41-19)7-39-43(3,36)37)32-20-22(31-5-9-8(26-27-9)4-30(20)31)38-6-10-13(33)14(34)17(24-32)40-10/h8-22,26-27,33-37H,3-7H2,1-2H3/t8-,9?,10?,11?,12-,13?,14?,15?,16?,17?,18-,19?,20+,21?,22?/m0/s1. The van der Waals surface area contributed by atoms with Crippen LogP contribution < -0.4 is 10.9 Å². The van der Waals surface area contributed by atoms with Crippen molar-refractivity contribution in [1.82, 2.24) is 35.7 Å². The van der Waals surface area contributed by atoms with Crippen molar-refractivity contribution in [3.63, 3.8) is 0 Å². The molecule has 15 atom stereocenters. The molecule has 43 heavy (non-hydrogen) atoms. The number of hydrogen-bond donors (Lipinski definition) is 7. The first-order valence-corrected chi connectivity index (χ1v) is 16.6. The van der Waals surface area contributed by atoms with Crippen molar-refractivity contribution in [2.75, 3.05) is 40.4 Å². The quantitative estimate of drug-likeness (QED) is 0.116. The van der Waals surface area contributed by atoms with Gasteiger partial charge in [-0.1, -0.05) is 0 Å². The molecule has 0 saturated carbocycles. The van der Waals surface area contributed by atoms with Crippen LogP contribution in [-0.4, -0.2) is 210 Å². The van der Waals surface area contributed by atoms with Gasteiger partial charge in [-0.2, -0.15) is 0 Å². The van der Waals surface area contributed by atoms with E-state index in [2.05, 4.69) is 32.0 Å². The van der Waals surface area contributed by atoms with Crippen molar-refractivity contribution in [1.29, 1.82) is 0 Å². The van der Waals surface area contributed by atoms with Crippen molar-refractivity contribution in [3.8, 4) is 0 Å². The van der Waals surface area contributed by atoms with Crippen LogP contribution >= 0.6 is 7.57 Å². The molecule has 235 valence electrons. The maximum atomic E-state index is 11.5. The van der Waals surface area contributed by atoms with E-state index in [1.165, 1.54) is 0 Å². The molecule has 17 nitrogen and oxygen atoms in total. The number of hydrogen-bond acceptors (Lipinski definition) is 17. The van der Waals surface area contributed by atoms with Gasteiger partial charge in [0.25, 0.3) is 0 Å². The summed E-state index contributed by atoms with van der Waals surface area (Å²) < 4.78 is 30.5. The van der Waals surface area contributed by atoms with E-state index < -0.39 is 81.2 Å². The Kier molecular flexibility index (Phi) is 7.48. The van der Waals surface area contributed by atoms with Crippen LogP contribution in [0.25, 0.3) is 0 Å². The molecule has 3 radical (unpaired) electrons. The summed E-state index contributed by atoms with van der Waals surface area (Å²) in [7, 11) is 8.90. The second kappa shape index (κ2) is 10.7. The predicted molar refractivity (Wildman–Crippen MR) is 151 cm³/mol. The van der Waals surface area contributed by atoms with E-state index in [4.69, 9.17) is 31.2 Å². The van der Waals surface area contributed by atoms with Gasteiger partial charge in [0.1, 0.15) is 49.0 Å². The zero-order valence-electron chi connectivity index (χ0n) is 23.9. The largest absolute Gasteiger partial charge is 0.388 e. The van der Waals surface area contributed by atoms with Crippen molar-refractivity contribution >= 4 is 35.6 Å². The van der Waals surface area contributed by atoms with Crippen LogP contribution in [0.5, 0.6) is 0 Å². The Morgan fingerprint density at radius 3 is 2.42 bits per heavy atom. The first kappa shape index (κ1) is 30.2. The zero-order valence-corrected chi connectivity index (χ0v) is 24.8. The molecule has 8 aliphatic rings. The van der Waals surface area contributed by atoms with Gasteiger partial charge in [0.15, 0.2) is 12.8 Å². The lowest BCUT2D eigenvalue weighted by molar-refractivity contribution is -0.359. The Hall–Kier alpha value is -0.185. The lowest BCUT2D eigenvalue weighted by atomic mass is 9.23. The highest BCUT2D eigenvalue weighted by atomic mass is 31.2. The lowest BCUT2D eigenvalue weighted by Crippen LogP contribution is -2.90. The number of hydrazine groups is 3. The molecule has 0 aromatic heterocycles. The van der Waals surface area contributed by atoms with Gasteiger partial charge in [-0.15, -0.1) is 0 Å². The fourth-order valence-corrected chi connectivity index (χ4v) is 8.47. The van der Waals surface area contributed by atoms with Crippen molar-refractivity contribution in [2.45, 2.75) is 91.3 Å². The highest BCUT2D eigenvalue weighted by Gasteiger charge is 2.66. The lowest BCUT2D eigenvalue weighted by Gasteiger charge is -2.69. The van der Waals surface area contributed by atoms with E-state index in [0.717, 1.165) is 6.54 Å². The molecular formula is C22H38B3N7O10P. The van der Waals surface area contributed by atoms with E-state index in [1.807, 2.05) is 31.5 Å². The van der Waals surface area contributed by atoms with Crippen LogP contribution in [0, 0.1) is 0 Å². The summed E-state index contributed by atoms with van der Waals surface area (Å²) in [6, 6.07) is -1.53. The number of ether oxygens (including phenoxy) is 4. The second-order valence-corrected chi connectivity index (χ2v) is 14.5. The van der Waals surface area contributed by atoms with Gasteiger partial charge in [-0.05, 0) is 12.2 Å². The second-order valence-electron chi connectivity index (χ2n) is 12.9. The molecule has 0 aromatic rings. The third-order valence-electron chi connectivity index (χ3n) is 10.5. The third kappa shape index (κ3) is 4.62. The Morgan fingerprint density at radius 1 is 1.00 bits per heavy atom. The molecule has 8 aliphatic heterocycles. The van der Waals surface area contributed by atoms with E-state index in [9.17, 15) is 25.1 Å². The van der Waals surface area contributed by atoms with Crippen LogP contribution in [0.3, 0.4) is 0 Å². The fourth-order valence-electron chi connectivity index (χ4n) is 8.08. The van der Waals surface area contributed by atoms with E-state index in [-0.39, 0.29) is 37.5 Å².